The number of amides is 1. The Bertz CT molecular complexity index is 556. The average molecular weight is 313 g/mol. The molecule has 0 aliphatic carbocycles. The van der Waals surface area contributed by atoms with Crippen molar-refractivity contribution in [3.63, 3.8) is 0 Å². The molecule has 0 heterocycles. The van der Waals surface area contributed by atoms with Crippen molar-refractivity contribution in [1.29, 1.82) is 0 Å². The van der Waals surface area contributed by atoms with Gasteiger partial charge >= 0.3 is 0 Å². The van der Waals surface area contributed by atoms with E-state index < -0.39 is 10.0 Å². The van der Waals surface area contributed by atoms with Gasteiger partial charge in [-0.2, -0.15) is 0 Å². The van der Waals surface area contributed by atoms with Gasteiger partial charge in [-0.15, -0.1) is 0 Å². The summed E-state index contributed by atoms with van der Waals surface area (Å²) in [6, 6.07) is 8.70. The summed E-state index contributed by atoms with van der Waals surface area (Å²) >= 11 is 0. The lowest BCUT2D eigenvalue weighted by atomic mass is 10.3. The van der Waals surface area contributed by atoms with Crippen LogP contribution in [0.4, 0.5) is 5.69 Å². The molecule has 7 heteroatoms. The lowest BCUT2D eigenvalue weighted by molar-refractivity contribution is -0.127. The number of para-hydroxylation sites is 1. The Hall–Kier alpha value is -1.60. The first-order valence-electron chi connectivity index (χ1n) is 6.64. The van der Waals surface area contributed by atoms with E-state index in [-0.39, 0.29) is 18.2 Å². The molecule has 0 spiro atoms. The number of sulfonamides is 1. The number of hydrogen-bond donors (Lipinski definition) is 0. The van der Waals surface area contributed by atoms with Crippen LogP contribution < -0.4 is 4.31 Å². The molecule has 1 amide bonds. The minimum absolute atomic E-state index is 0.0321. The van der Waals surface area contributed by atoms with Gasteiger partial charge < -0.3 is 9.80 Å². The van der Waals surface area contributed by atoms with Crippen LogP contribution in [0.25, 0.3) is 0 Å². The van der Waals surface area contributed by atoms with Crippen LogP contribution in [0.2, 0.25) is 0 Å². The van der Waals surface area contributed by atoms with Gasteiger partial charge in [-0.3, -0.25) is 9.10 Å². The second kappa shape index (κ2) is 7.42. The highest BCUT2D eigenvalue weighted by molar-refractivity contribution is 7.92. The van der Waals surface area contributed by atoms with E-state index in [1.54, 1.807) is 43.3 Å². The Morgan fingerprint density at radius 3 is 2.10 bits per heavy atom. The van der Waals surface area contributed by atoms with Gasteiger partial charge in [0.2, 0.25) is 15.9 Å². The summed E-state index contributed by atoms with van der Waals surface area (Å²) in [5.74, 6) is -0.289. The quantitative estimate of drug-likeness (QED) is 0.734. The fraction of sp³-hybridized carbons (Fsp3) is 0.500. The molecular weight excluding hydrogens is 290 g/mol. The van der Waals surface area contributed by atoms with Gasteiger partial charge in [-0.25, -0.2) is 8.42 Å². The molecule has 6 nitrogen and oxygen atoms in total. The van der Waals surface area contributed by atoms with Gasteiger partial charge in [0.25, 0.3) is 0 Å². The molecule has 0 atom stereocenters. The van der Waals surface area contributed by atoms with E-state index in [0.717, 1.165) is 0 Å². The number of likely N-dealkylation sites (N-methyl/N-ethyl adjacent to an activating group) is 1. The third-order valence-electron chi connectivity index (χ3n) is 2.95. The van der Waals surface area contributed by atoms with Crippen molar-refractivity contribution in [1.82, 2.24) is 9.80 Å². The first-order chi connectivity index (χ1) is 9.74. The molecule has 0 saturated carbocycles. The van der Waals surface area contributed by atoms with Crippen molar-refractivity contribution in [2.45, 2.75) is 0 Å². The minimum Gasteiger partial charge on any atom is -0.347 e. The molecule has 0 aliphatic heterocycles. The Balaban J connectivity index is 3.05. The predicted molar refractivity (Wildman–Crippen MR) is 84.8 cm³/mol. The Morgan fingerprint density at radius 1 is 1.05 bits per heavy atom. The summed E-state index contributed by atoms with van der Waals surface area (Å²) in [7, 11) is 3.29. The lowest BCUT2D eigenvalue weighted by Gasteiger charge is -2.26. The van der Waals surface area contributed by atoms with E-state index in [1.165, 1.54) is 9.21 Å². The average Bonchev–Trinajstić information content (AvgIpc) is 2.43. The number of anilines is 1. The maximum absolute atomic E-state index is 12.5. The highest BCUT2D eigenvalue weighted by Gasteiger charge is 2.25. The van der Waals surface area contributed by atoms with E-state index in [0.29, 0.717) is 12.2 Å². The summed E-state index contributed by atoms with van der Waals surface area (Å²) in [6.07, 6.45) is 0. The van der Waals surface area contributed by atoms with Gasteiger partial charge in [0.1, 0.15) is 6.54 Å². The number of nitrogens with zero attached hydrogens (tertiary/aromatic N) is 3. The van der Waals surface area contributed by atoms with Crippen LogP contribution in [0, 0.1) is 0 Å². The molecule has 0 N–H and O–H groups in total. The van der Waals surface area contributed by atoms with Crippen molar-refractivity contribution >= 4 is 21.6 Å². The molecule has 0 fully saturated rings. The van der Waals surface area contributed by atoms with Crippen molar-refractivity contribution < 1.29 is 13.2 Å². The molecule has 0 aliphatic rings. The van der Waals surface area contributed by atoms with Crippen LogP contribution in [0.1, 0.15) is 0 Å². The maximum atomic E-state index is 12.5. The molecule has 0 bridgehead atoms. The molecule has 1 aromatic carbocycles. The predicted octanol–water partition coefficient (Wildman–Crippen LogP) is 0.473. The highest BCUT2D eigenvalue weighted by atomic mass is 32.2. The summed E-state index contributed by atoms with van der Waals surface area (Å²) in [6.45, 7) is 0.217. The van der Waals surface area contributed by atoms with E-state index in [2.05, 4.69) is 0 Å². The summed E-state index contributed by atoms with van der Waals surface area (Å²) in [5.41, 5.74) is 0.506. The van der Waals surface area contributed by atoms with Gasteiger partial charge in [-0.05, 0) is 26.2 Å². The second-order valence-corrected chi connectivity index (χ2v) is 7.26. The Labute approximate surface area is 127 Å². The normalized spacial score (nSPS) is 11.5. The molecule has 21 heavy (non-hydrogen) atoms. The van der Waals surface area contributed by atoms with Gasteiger partial charge in [-0.1, -0.05) is 18.2 Å². The highest BCUT2D eigenvalue weighted by Crippen LogP contribution is 2.18. The van der Waals surface area contributed by atoms with Gasteiger partial charge in [0.05, 0.1) is 11.4 Å². The van der Waals surface area contributed by atoms with Crippen molar-refractivity contribution in [2.75, 3.05) is 51.3 Å². The minimum atomic E-state index is -3.55. The zero-order valence-corrected chi connectivity index (χ0v) is 13.8. The van der Waals surface area contributed by atoms with Crippen LogP contribution >= 0.6 is 0 Å². The fourth-order valence-corrected chi connectivity index (χ4v) is 3.18. The topological polar surface area (TPSA) is 60.9 Å². The molecule has 0 unspecified atom stereocenters. The molecular formula is C14H23N3O3S. The first kappa shape index (κ1) is 17.5. The van der Waals surface area contributed by atoms with Crippen LogP contribution in [-0.4, -0.2) is 71.2 Å². The molecule has 118 valence electrons. The van der Waals surface area contributed by atoms with E-state index in [1.807, 2.05) is 20.2 Å². The third-order valence-corrected chi connectivity index (χ3v) is 4.66. The standard InChI is InChI=1S/C14H23N3O3S/c1-15(2)10-11-21(19,20)17(12-14(18)16(3)4)13-8-6-5-7-9-13/h5-9H,10-12H2,1-4H3. The van der Waals surface area contributed by atoms with Crippen LogP contribution in [0.15, 0.2) is 30.3 Å². The lowest BCUT2D eigenvalue weighted by Crippen LogP contribution is -2.42. The van der Waals surface area contributed by atoms with E-state index >= 15 is 0 Å². The molecule has 0 aromatic heterocycles. The number of carbonyl (C=O) groups excluding carboxylic acids is 1. The van der Waals surface area contributed by atoms with Crippen LogP contribution in [0.3, 0.4) is 0 Å². The third kappa shape index (κ3) is 5.35. The zero-order chi connectivity index (χ0) is 16.0. The summed E-state index contributed by atoms with van der Waals surface area (Å²) < 4.78 is 26.2. The van der Waals surface area contributed by atoms with Crippen LogP contribution in [0.5, 0.6) is 0 Å². The fourth-order valence-electron chi connectivity index (χ4n) is 1.62. The van der Waals surface area contributed by atoms with E-state index in [4.69, 9.17) is 0 Å². The SMILES string of the molecule is CN(C)CCS(=O)(=O)N(CC(=O)N(C)C)c1ccccc1. The van der Waals surface area contributed by atoms with Crippen LogP contribution in [-0.2, 0) is 14.8 Å². The molecule has 0 saturated heterocycles. The van der Waals surface area contributed by atoms with Gasteiger partial charge in [0.15, 0.2) is 0 Å². The number of rotatable bonds is 7. The first-order valence-corrected chi connectivity index (χ1v) is 8.25. The monoisotopic (exact) mass is 313 g/mol. The number of carbonyl (C=O) groups is 1. The second-order valence-electron chi connectivity index (χ2n) is 5.25. The molecule has 0 radical (unpaired) electrons. The molecule has 1 aromatic rings. The van der Waals surface area contributed by atoms with Crippen molar-refractivity contribution in [3.05, 3.63) is 30.3 Å². The number of hydrogen-bond acceptors (Lipinski definition) is 4. The van der Waals surface area contributed by atoms with Gasteiger partial charge in [0, 0.05) is 20.6 Å². The Morgan fingerprint density at radius 2 is 1.62 bits per heavy atom. The van der Waals surface area contributed by atoms with Crippen molar-refractivity contribution in [2.24, 2.45) is 0 Å². The number of benzene rings is 1. The smallest absolute Gasteiger partial charge is 0.242 e. The summed E-state index contributed by atoms with van der Waals surface area (Å²) in [4.78, 5) is 15.1. The van der Waals surface area contributed by atoms with Crippen molar-refractivity contribution in [3.8, 4) is 0 Å². The Kier molecular flexibility index (Phi) is 6.17. The molecule has 1 rings (SSSR count). The maximum Gasteiger partial charge on any atom is 0.242 e. The zero-order valence-electron chi connectivity index (χ0n) is 13.0. The largest absolute Gasteiger partial charge is 0.347 e. The van der Waals surface area contributed by atoms with E-state index in [9.17, 15) is 13.2 Å². The summed E-state index contributed by atoms with van der Waals surface area (Å²) in [5, 5.41) is 0.